The molecule has 148 valence electrons. The molecule has 1 atom stereocenters. The van der Waals surface area contributed by atoms with E-state index in [0.29, 0.717) is 10.2 Å². The third-order valence-corrected chi connectivity index (χ3v) is 5.84. The van der Waals surface area contributed by atoms with E-state index in [0.717, 1.165) is 31.2 Å². The molecule has 2 heterocycles. The number of thiophene rings is 1. The molecule has 0 bridgehead atoms. The number of rotatable bonds is 6. The number of halogens is 3. The molecule has 3 rings (SSSR count). The maximum absolute atomic E-state index is 12.7. The standard InChI is InChI=1S/C17H20F3N3O3S/c18-17(19,20)12(24)5-7-21-13(25)6-8-23-9-22-15-14(16(23)26)10-3-1-2-4-11(10)27-15/h9,12,24H,1-8H2,(H,21,25)/t12-/m1/s1. The lowest BCUT2D eigenvalue weighted by molar-refractivity contribution is -0.205. The molecular weight excluding hydrogens is 383 g/mol. The maximum Gasteiger partial charge on any atom is 0.414 e. The lowest BCUT2D eigenvalue weighted by Gasteiger charge is -2.14. The Bertz CT molecular complexity index is 891. The van der Waals surface area contributed by atoms with Crippen LogP contribution in [0, 0.1) is 0 Å². The van der Waals surface area contributed by atoms with Gasteiger partial charge in [-0.25, -0.2) is 4.98 Å². The third-order valence-electron chi connectivity index (χ3n) is 4.64. The summed E-state index contributed by atoms with van der Waals surface area (Å²) in [7, 11) is 0. The smallest absolute Gasteiger partial charge is 0.384 e. The molecule has 2 N–H and O–H groups in total. The predicted molar refractivity (Wildman–Crippen MR) is 94.8 cm³/mol. The van der Waals surface area contributed by atoms with E-state index in [1.807, 2.05) is 0 Å². The van der Waals surface area contributed by atoms with E-state index >= 15 is 0 Å². The van der Waals surface area contributed by atoms with Crippen LogP contribution < -0.4 is 10.9 Å². The number of aryl methyl sites for hydroxylation is 3. The first-order valence-corrected chi connectivity index (χ1v) is 9.60. The van der Waals surface area contributed by atoms with Crippen molar-refractivity contribution in [1.82, 2.24) is 14.9 Å². The molecule has 0 unspecified atom stereocenters. The summed E-state index contributed by atoms with van der Waals surface area (Å²) in [4.78, 5) is 30.8. The summed E-state index contributed by atoms with van der Waals surface area (Å²) in [6, 6.07) is 0. The highest BCUT2D eigenvalue weighted by Crippen LogP contribution is 2.33. The SMILES string of the molecule is O=C(CCn1cnc2sc3c(c2c1=O)CCCC3)NCC[C@@H](O)C(F)(F)F. The van der Waals surface area contributed by atoms with E-state index in [2.05, 4.69) is 10.3 Å². The average Bonchev–Trinajstić information content (AvgIpc) is 2.99. The molecule has 0 fully saturated rings. The predicted octanol–water partition coefficient (Wildman–Crippen LogP) is 2.16. The number of fused-ring (bicyclic) bond motifs is 3. The fourth-order valence-corrected chi connectivity index (χ4v) is 4.38. The highest BCUT2D eigenvalue weighted by molar-refractivity contribution is 7.18. The summed E-state index contributed by atoms with van der Waals surface area (Å²) in [6.45, 7) is -0.191. The molecule has 27 heavy (non-hydrogen) atoms. The van der Waals surface area contributed by atoms with Crippen molar-refractivity contribution in [3.8, 4) is 0 Å². The van der Waals surface area contributed by atoms with E-state index < -0.39 is 24.6 Å². The Morgan fingerprint density at radius 3 is 2.85 bits per heavy atom. The highest BCUT2D eigenvalue weighted by Gasteiger charge is 2.37. The molecule has 0 radical (unpaired) electrons. The molecule has 2 aromatic heterocycles. The molecule has 1 aliphatic carbocycles. The summed E-state index contributed by atoms with van der Waals surface area (Å²) in [6.07, 6.45) is -2.44. The van der Waals surface area contributed by atoms with Gasteiger partial charge in [-0.1, -0.05) is 0 Å². The zero-order valence-corrected chi connectivity index (χ0v) is 15.3. The van der Waals surface area contributed by atoms with E-state index in [-0.39, 0.29) is 25.1 Å². The molecule has 0 spiro atoms. The van der Waals surface area contributed by atoms with Crippen molar-refractivity contribution >= 4 is 27.5 Å². The number of alkyl halides is 3. The van der Waals surface area contributed by atoms with Gasteiger partial charge in [0.25, 0.3) is 5.56 Å². The average molecular weight is 403 g/mol. The first-order valence-electron chi connectivity index (χ1n) is 8.78. The monoisotopic (exact) mass is 403 g/mol. The number of aliphatic hydroxyl groups excluding tert-OH is 1. The first-order chi connectivity index (χ1) is 12.8. The number of carbonyl (C=O) groups excluding carboxylic acids is 1. The topological polar surface area (TPSA) is 84.2 Å². The van der Waals surface area contributed by atoms with Gasteiger partial charge in [0, 0.05) is 24.4 Å². The molecule has 0 aromatic carbocycles. The van der Waals surface area contributed by atoms with E-state index in [1.54, 1.807) is 11.3 Å². The van der Waals surface area contributed by atoms with Crippen molar-refractivity contribution < 1.29 is 23.1 Å². The number of aliphatic hydroxyl groups is 1. The van der Waals surface area contributed by atoms with Crippen LogP contribution in [-0.2, 0) is 24.2 Å². The van der Waals surface area contributed by atoms with Gasteiger partial charge in [0.05, 0.1) is 11.7 Å². The van der Waals surface area contributed by atoms with Crippen molar-refractivity contribution in [3.05, 3.63) is 27.1 Å². The second kappa shape index (κ2) is 7.97. The van der Waals surface area contributed by atoms with Crippen LogP contribution in [0.1, 0.15) is 36.1 Å². The van der Waals surface area contributed by atoms with Crippen molar-refractivity contribution in [3.63, 3.8) is 0 Å². The van der Waals surface area contributed by atoms with Crippen LogP contribution in [0.3, 0.4) is 0 Å². The summed E-state index contributed by atoms with van der Waals surface area (Å²) in [5.74, 6) is -0.483. The Hall–Kier alpha value is -1.94. The van der Waals surface area contributed by atoms with Gasteiger partial charge in [0.2, 0.25) is 5.91 Å². The van der Waals surface area contributed by atoms with Gasteiger partial charge in [0.1, 0.15) is 4.83 Å². The van der Waals surface area contributed by atoms with Crippen LogP contribution in [0.15, 0.2) is 11.1 Å². The van der Waals surface area contributed by atoms with Crippen LogP contribution >= 0.6 is 11.3 Å². The second-order valence-corrected chi connectivity index (χ2v) is 7.66. The van der Waals surface area contributed by atoms with E-state index in [9.17, 15) is 22.8 Å². The number of amides is 1. The summed E-state index contributed by atoms with van der Waals surface area (Å²) >= 11 is 1.54. The van der Waals surface area contributed by atoms with Gasteiger partial charge in [0.15, 0.2) is 6.10 Å². The van der Waals surface area contributed by atoms with Gasteiger partial charge < -0.3 is 10.4 Å². The zero-order valence-electron chi connectivity index (χ0n) is 14.5. The molecule has 0 saturated carbocycles. The molecule has 1 amide bonds. The molecule has 1 aliphatic rings. The molecule has 0 aliphatic heterocycles. The molecule has 6 nitrogen and oxygen atoms in total. The first kappa shape index (κ1) is 19.8. The minimum absolute atomic E-state index is 0.0540. The molecule has 0 saturated heterocycles. The van der Waals surface area contributed by atoms with Crippen molar-refractivity contribution in [1.29, 1.82) is 0 Å². The number of nitrogens with one attached hydrogen (secondary N) is 1. The molecular formula is C17H20F3N3O3S. The minimum atomic E-state index is -4.70. The number of nitrogens with zero attached hydrogens (tertiary/aromatic N) is 2. The van der Waals surface area contributed by atoms with Crippen molar-refractivity contribution in [2.45, 2.75) is 57.3 Å². The van der Waals surface area contributed by atoms with E-state index in [1.165, 1.54) is 15.8 Å². The Labute approximate surface area is 157 Å². The Kier molecular flexibility index (Phi) is 5.85. The van der Waals surface area contributed by atoms with Crippen molar-refractivity contribution in [2.24, 2.45) is 0 Å². The largest absolute Gasteiger partial charge is 0.414 e. The van der Waals surface area contributed by atoms with Gasteiger partial charge >= 0.3 is 6.18 Å². The number of carbonyl (C=O) groups is 1. The minimum Gasteiger partial charge on any atom is -0.384 e. The third kappa shape index (κ3) is 4.49. The van der Waals surface area contributed by atoms with Crippen LogP contribution in [0.4, 0.5) is 13.2 Å². The van der Waals surface area contributed by atoms with E-state index in [4.69, 9.17) is 5.11 Å². The molecule has 2 aromatic rings. The fraction of sp³-hybridized carbons (Fsp3) is 0.588. The summed E-state index contributed by atoms with van der Waals surface area (Å²) in [5.41, 5.74) is 0.887. The number of aromatic nitrogens is 2. The maximum atomic E-state index is 12.7. The lowest BCUT2D eigenvalue weighted by atomic mass is 9.97. The number of hydrogen-bond donors (Lipinski definition) is 2. The normalized spacial score (nSPS) is 15.6. The van der Waals surface area contributed by atoms with Crippen LogP contribution in [0.2, 0.25) is 0 Å². The second-order valence-electron chi connectivity index (χ2n) is 6.58. The zero-order chi connectivity index (χ0) is 19.6. The van der Waals surface area contributed by atoms with Crippen LogP contribution in [-0.4, -0.2) is 39.4 Å². The quantitative estimate of drug-likeness (QED) is 0.774. The Morgan fingerprint density at radius 2 is 2.11 bits per heavy atom. The number of hydrogen-bond acceptors (Lipinski definition) is 5. The summed E-state index contributed by atoms with van der Waals surface area (Å²) in [5, 5.41) is 11.8. The lowest BCUT2D eigenvalue weighted by Crippen LogP contribution is -2.34. The fourth-order valence-electron chi connectivity index (χ4n) is 3.16. The van der Waals surface area contributed by atoms with Gasteiger partial charge in [-0.05, 0) is 37.7 Å². The van der Waals surface area contributed by atoms with Crippen molar-refractivity contribution in [2.75, 3.05) is 6.54 Å². The molecule has 10 heteroatoms. The van der Waals surface area contributed by atoms with Crippen LogP contribution in [0.25, 0.3) is 10.2 Å². The van der Waals surface area contributed by atoms with Gasteiger partial charge in [-0.15, -0.1) is 11.3 Å². The van der Waals surface area contributed by atoms with Gasteiger partial charge in [-0.3, -0.25) is 14.2 Å². The Morgan fingerprint density at radius 1 is 1.37 bits per heavy atom. The van der Waals surface area contributed by atoms with Crippen LogP contribution in [0.5, 0.6) is 0 Å². The highest BCUT2D eigenvalue weighted by atomic mass is 32.1. The Balaban J connectivity index is 1.60. The van der Waals surface area contributed by atoms with Gasteiger partial charge in [-0.2, -0.15) is 13.2 Å². The summed E-state index contributed by atoms with van der Waals surface area (Å²) < 4.78 is 38.0.